The van der Waals surface area contributed by atoms with Gasteiger partial charge in [0.1, 0.15) is 0 Å². The van der Waals surface area contributed by atoms with E-state index in [4.69, 9.17) is 4.74 Å². The molecule has 0 unspecified atom stereocenters. The van der Waals surface area contributed by atoms with Crippen LogP contribution in [0.25, 0.3) is 11.0 Å². The molecule has 0 radical (unpaired) electrons. The van der Waals surface area contributed by atoms with E-state index in [0.717, 1.165) is 44.3 Å². The molecular weight excluding hydrogens is 410 g/mol. The van der Waals surface area contributed by atoms with E-state index >= 15 is 0 Å². The van der Waals surface area contributed by atoms with Gasteiger partial charge in [0.25, 0.3) is 5.91 Å². The molecule has 31 heavy (non-hydrogen) atoms. The van der Waals surface area contributed by atoms with Crippen molar-refractivity contribution in [1.29, 1.82) is 0 Å². The van der Waals surface area contributed by atoms with Crippen LogP contribution in [0.15, 0.2) is 59.8 Å². The minimum absolute atomic E-state index is 0.133. The lowest BCUT2D eigenvalue weighted by molar-refractivity contribution is -0.118. The van der Waals surface area contributed by atoms with E-state index in [2.05, 4.69) is 20.4 Å². The quantitative estimate of drug-likeness (QED) is 0.438. The second kappa shape index (κ2) is 9.18. The van der Waals surface area contributed by atoms with Crippen molar-refractivity contribution in [2.45, 2.75) is 24.6 Å². The first-order chi connectivity index (χ1) is 15.0. The average Bonchev–Trinajstić information content (AvgIpc) is 3.07. The van der Waals surface area contributed by atoms with Crippen molar-refractivity contribution in [3.05, 3.63) is 71.5 Å². The van der Waals surface area contributed by atoms with Crippen LogP contribution < -0.4 is 10.1 Å². The summed E-state index contributed by atoms with van der Waals surface area (Å²) in [6, 6.07) is 15.6. The minimum Gasteiger partial charge on any atom is -0.466 e. The summed E-state index contributed by atoms with van der Waals surface area (Å²) in [5.74, 6) is 0.937. The standard InChI is InChI=1S/C23H23N5O2S/c1-15-11-16(2)25-22-21(15)23(27-28(22)3)30-13-19(29)26-18-8-6-7-17(12-18)14-31-20-9-4-5-10-24-20/h4-12H,13-14H2,1-3H3,(H,26,29). The highest BCUT2D eigenvalue weighted by molar-refractivity contribution is 7.98. The van der Waals surface area contributed by atoms with Gasteiger partial charge in [0.05, 0.1) is 10.4 Å². The Bertz CT molecular complexity index is 1220. The Labute approximate surface area is 184 Å². The Morgan fingerprint density at radius 2 is 2.03 bits per heavy atom. The van der Waals surface area contributed by atoms with Crippen molar-refractivity contribution in [1.82, 2.24) is 19.7 Å². The number of carbonyl (C=O) groups is 1. The first kappa shape index (κ1) is 20.9. The average molecular weight is 434 g/mol. The van der Waals surface area contributed by atoms with Gasteiger partial charge in [-0.05, 0) is 55.3 Å². The van der Waals surface area contributed by atoms with Crippen LogP contribution in [0.5, 0.6) is 5.88 Å². The highest BCUT2D eigenvalue weighted by atomic mass is 32.2. The highest BCUT2D eigenvalue weighted by Gasteiger charge is 2.15. The number of carbonyl (C=O) groups excluding carboxylic acids is 1. The monoisotopic (exact) mass is 433 g/mol. The van der Waals surface area contributed by atoms with Gasteiger partial charge in [0.2, 0.25) is 5.88 Å². The molecule has 4 aromatic rings. The summed E-state index contributed by atoms with van der Waals surface area (Å²) >= 11 is 1.65. The van der Waals surface area contributed by atoms with Crippen molar-refractivity contribution in [3.63, 3.8) is 0 Å². The molecule has 0 saturated heterocycles. The van der Waals surface area contributed by atoms with Crippen LogP contribution in [0.2, 0.25) is 0 Å². The number of aryl methyl sites for hydroxylation is 3. The predicted octanol–water partition coefficient (Wildman–Crippen LogP) is 4.29. The van der Waals surface area contributed by atoms with Crippen molar-refractivity contribution >= 4 is 34.4 Å². The smallest absolute Gasteiger partial charge is 0.262 e. The van der Waals surface area contributed by atoms with Gasteiger partial charge in [-0.25, -0.2) is 14.6 Å². The third-order valence-corrected chi connectivity index (χ3v) is 5.68. The number of thioether (sulfide) groups is 1. The number of amides is 1. The molecule has 0 spiro atoms. The Balaban J connectivity index is 1.38. The first-order valence-electron chi connectivity index (χ1n) is 9.86. The number of aromatic nitrogens is 4. The van der Waals surface area contributed by atoms with E-state index in [0.29, 0.717) is 5.88 Å². The SMILES string of the molecule is Cc1cc(C)c2c(OCC(=O)Nc3cccc(CSc4ccccn4)c3)nn(C)c2n1. The highest BCUT2D eigenvalue weighted by Crippen LogP contribution is 2.27. The van der Waals surface area contributed by atoms with Crippen molar-refractivity contribution < 1.29 is 9.53 Å². The molecule has 158 valence electrons. The van der Waals surface area contributed by atoms with E-state index in [1.54, 1.807) is 22.6 Å². The molecule has 0 aliphatic rings. The first-order valence-corrected chi connectivity index (χ1v) is 10.8. The molecule has 0 fully saturated rings. The summed E-state index contributed by atoms with van der Waals surface area (Å²) in [5, 5.41) is 9.07. The number of benzene rings is 1. The van der Waals surface area contributed by atoms with Crippen LogP contribution in [0.3, 0.4) is 0 Å². The minimum atomic E-state index is -0.244. The number of fused-ring (bicyclic) bond motifs is 1. The second-order valence-electron chi connectivity index (χ2n) is 7.20. The number of ether oxygens (including phenoxy) is 1. The molecule has 7 nitrogen and oxygen atoms in total. The van der Waals surface area contributed by atoms with Gasteiger partial charge in [-0.15, -0.1) is 16.9 Å². The summed E-state index contributed by atoms with van der Waals surface area (Å²) in [6.07, 6.45) is 1.78. The van der Waals surface area contributed by atoms with E-state index < -0.39 is 0 Å². The molecule has 0 aliphatic heterocycles. The summed E-state index contributed by atoms with van der Waals surface area (Å²) < 4.78 is 7.41. The maximum atomic E-state index is 12.5. The maximum Gasteiger partial charge on any atom is 0.262 e. The van der Waals surface area contributed by atoms with Crippen molar-refractivity contribution in [2.75, 3.05) is 11.9 Å². The molecule has 0 aliphatic carbocycles. The predicted molar refractivity (Wildman–Crippen MR) is 122 cm³/mol. The lowest BCUT2D eigenvalue weighted by Gasteiger charge is -2.08. The molecule has 8 heteroatoms. The molecule has 3 heterocycles. The van der Waals surface area contributed by atoms with Crippen LogP contribution in [0.4, 0.5) is 5.69 Å². The van der Waals surface area contributed by atoms with Gasteiger partial charge in [-0.2, -0.15) is 0 Å². The Morgan fingerprint density at radius 1 is 1.16 bits per heavy atom. The third kappa shape index (κ3) is 5.03. The molecule has 4 rings (SSSR count). The maximum absolute atomic E-state index is 12.5. The second-order valence-corrected chi connectivity index (χ2v) is 8.20. The molecule has 3 aromatic heterocycles. The summed E-state index contributed by atoms with van der Waals surface area (Å²) in [5.41, 5.74) is 4.50. The zero-order chi connectivity index (χ0) is 21.8. The lowest BCUT2D eigenvalue weighted by atomic mass is 10.2. The van der Waals surface area contributed by atoms with Crippen LogP contribution in [0.1, 0.15) is 16.8 Å². The number of hydrogen-bond donors (Lipinski definition) is 1. The number of rotatable bonds is 7. The van der Waals surface area contributed by atoms with Crippen molar-refractivity contribution in [2.24, 2.45) is 7.05 Å². The van der Waals surface area contributed by atoms with Gasteiger partial charge < -0.3 is 10.1 Å². The van der Waals surface area contributed by atoms with Gasteiger partial charge in [-0.3, -0.25) is 4.79 Å². The zero-order valence-corrected chi connectivity index (χ0v) is 18.4. The van der Waals surface area contributed by atoms with Gasteiger partial charge >= 0.3 is 0 Å². The number of nitrogens with zero attached hydrogens (tertiary/aromatic N) is 4. The number of pyridine rings is 2. The molecule has 1 aromatic carbocycles. The zero-order valence-electron chi connectivity index (χ0n) is 17.6. The van der Waals surface area contributed by atoms with E-state index in [-0.39, 0.29) is 12.5 Å². The molecule has 0 bridgehead atoms. The Kier molecular flexibility index (Phi) is 6.18. The third-order valence-electron chi connectivity index (χ3n) is 4.66. The number of hydrogen-bond acceptors (Lipinski definition) is 6. The van der Waals surface area contributed by atoms with E-state index in [9.17, 15) is 4.79 Å². The Morgan fingerprint density at radius 3 is 2.84 bits per heavy atom. The van der Waals surface area contributed by atoms with E-state index in [1.165, 1.54) is 0 Å². The number of anilines is 1. The van der Waals surface area contributed by atoms with Crippen LogP contribution >= 0.6 is 11.8 Å². The van der Waals surface area contributed by atoms with Gasteiger partial charge in [-0.1, -0.05) is 18.2 Å². The topological polar surface area (TPSA) is 81.9 Å². The van der Waals surface area contributed by atoms with Crippen LogP contribution in [-0.2, 0) is 17.6 Å². The van der Waals surface area contributed by atoms with E-state index in [1.807, 2.05) is 69.4 Å². The lowest BCUT2D eigenvalue weighted by Crippen LogP contribution is -2.20. The number of nitrogens with one attached hydrogen (secondary N) is 1. The largest absolute Gasteiger partial charge is 0.466 e. The van der Waals surface area contributed by atoms with Gasteiger partial charge in [0, 0.05) is 30.4 Å². The summed E-state index contributed by atoms with van der Waals surface area (Å²) in [4.78, 5) is 21.3. The van der Waals surface area contributed by atoms with Crippen LogP contribution in [-0.4, -0.2) is 32.3 Å². The molecular formula is C23H23N5O2S. The molecule has 0 atom stereocenters. The normalized spacial score (nSPS) is 10.9. The fourth-order valence-electron chi connectivity index (χ4n) is 3.31. The summed E-state index contributed by atoms with van der Waals surface area (Å²) in [7, 11) is 1.82. The fraction of sp³-hybridized carbons (Fsp3) is 0.217. The molecule has 0 saturated carbocycles. The molecule has 1 N–H and O–H groups in total. The fourth-order valence-corrected chi connectivity index (χ4v) is 4.11. The van der Waals surface area contributed by atoms with Crippen LogP contribution in [0, 0.1) is 13.8 Å². The summed E-state index contributed by atoms with van der Waals surface area (Å²) in [6.45, 7) is 3.79. The van der Waals surface area contributed by atoms with Gasteiger partial charge in [0.15, 0.2) is 12.3 Å². The van der Waals surface area contributed by atoms with Crippen molar-refractivity contribution in [3.8, 4) is 5.88 Å². The molecule has 1 amide bonds. The Hall–Kier alpha value is -3.39.